The van der Waals surface area contributed by atoms with Gasteiger partial charge in [0.2, 0.25) is 0 Å². The van der Waals surface area contributed by atoms with Gasteiger partial charge in [-0.1, -0.05) is 6.07 Å². The van der Waals surface area contributed by atoms with E-state index in [0.717, 1.165) is 29.3 Å². The van der Waals surface area contributed by atoms with Gasteiger partial charge in [-0.15, -0.1) is 11.6 Å². The lowest BCUT2D eigenvalue weighted by molar-refractivity contribution is 0.301. The first-order valence-electron chi connectivity index (χ1n) is 8.31. The fourth-order valence-corrected chi connectivity index (χ4v) is 3.74. The van der Waals surface area contributed by atoms with Gasteiger partial charge in [0.25, 0.3) is 0 Å². The van der Waals surface area contributed by atoms with Crippen LogP contribution in [0.2, 0.25) is 0 Å². The van der Waals surface area contributed by atoms with Crippen LogP contribution in [-0.4, -0.2) is 22.7 Å². The third kappa shape index (κ3) is 2.86. The summed E-state index contributed by atoms with van der Waals surface area (Å²) >= 11 is 5.56. The molecule has 1 heterocycles. The van der Waals surface area contributed by atoms with E-state index in [1.807, 2.05) is 18.2 Å². The van der Waals surface area contributed by atoms with E-state index in [4.69, 9.17) is 16.3 Å². The van der Waals surface area contributed by atoms with Crippen LogP contribution < -0.4 is 4.74 Å². The van der Waals surface area contributed by atoms with Gasteiger partial charge in [0.1, 0.15) is 6.61 Å². The van der Waals surface area contributed by atoms with Crippen LogP contribution in [0.3, 0.4) is 0 Å². The number of aromatic amines is 1. The topological polar surface area (TPSA) is 37.9 Å². The average molecular weight is 363 g/mol. The van der Waals surface area contributed by atoms with Crippen molar-refractivity contribution in [3.63, 3.8) is 0 Å². The monoisotopic (exact) mass is 362 g/mol. The molecule has 1 N–H and O–H groups in total. The highest BCUT2D eigenvalue weighted by Crippen LogP contribution is 2.41. The number of nitrogens with zero attached hydrogens (tertiary/aromatic N) is 1. The van der Waals surface area contributed by atoms with Gasteiger partial charge < -0.3 is 4.74 Å². The lowest BCUT2D eigenvalue weighted by Gasteiger charge is -2.27. The van der Waals surface area contributed by atoms with Gasteiger partial charge in [-0.05, 0) is 54.2 Å². The van der Waals surface area contributed by atoms with E-state index in [0.29, 0.717) is 17.5 Å². The second kappa shape index (κ2) is 6.64. The van der Waals surface area contributed by atoms with E-state index in [9.17, 15) is 8.78 Å². The molecule has 2 aromatic carbocycles. The highest BCUT2D eigenvalue weighted by Gasteiger charge is 2.28. The Morgan fingerprint density at radius 1 is 1.28 bits per heavy atom. The number of hydrogen-bond donors (Lipinski definition) is 1. The van der Waals surface area contributed by atoms with Crippen molar-refractivity contribution in [3.05, 3.63) is 58.8 Å². The summed E-state index contributed by atoms with van der Waals surface area (Å²) in [7, 11) is 0. The predicted octanol–water partition coefficient (Wildman–Crippen LogP) is 4.93. The van der Waals surface area contributed by atoms with Crippen molar-refractivity contribution in [3.8, 4) is 5.75 Å². The summed E-state index contributed by atoms with van der Waals surface area (Å²) in [5, 5.41) is 7.94. The molecule has 3 aromatic rings. The molecule has 1 aliphatic rings. The van der Waals surface area contributed by atoms with Crippen molar-refractivity contribution in [1.82, 2.24) is 10.2 Å². The molecular formula is C19H17ClF2N2O. The Hall–Kier alpha value is -2.14. The van der Waals surface area contributed by atoms with Crippen LogP contribution in [0.15, 0.2) is 30.5 Å². The molecule has 1 unspecified atom stereocenters. The second-order valence-electron chi connectivity index (χ2n) is 6.27. The fraction of sp³-hybridized carbons (Fsp3) is 0.316. The van der Waals surface area contributed by atoms with E-state index in [-0.39, 0.29) is 24.2 Å². The predicted molar refractivity (Wildman–Crippen MR) is 93.4 cm³/mol. The van der Waals surface area contributed by atoms with E-state index in [1.165, 1.54) is 6.07 Å². The zero-order valence-corrected chi connectivity index (χ0v) is 14.2. The summed E-state index contributed by atoms with van der Waals surface area (Å²) < 4.78 is 34.4. The molecule has 0 radical (unpaired) electrons. The molecule has 0 amide bonds. The normalized spacial score (nSPS) is 16.8. The number of hydrogen-bond acceptors (Lipinski definition) is 2. The van der Waals surface area contributed by atoms with Crippen molar-refractivity contribution < 1.29 is 13.5 Å². The summed E-state index contributed by atoms with van der Waals surface area (Å²) in [6.45, 7) is 0.0781. The first-order valence-corrected chi connectivity index (χ1v) is 8.85. The molecule has 6 heteroatoms. The Morgan fingerprint density at radius 3 is 3.00 bits per heavy atom. The Morgan fingerprint density at radius 2 is 2.16 bits per heavy atom. The second-order valence-corrected chi connectivity index (χ2v) is 6.65. The Bertz CT molecular complexity index is 925. The molecule has 0 aliphatic heterocycles. The number of aromatic nitrogens is 2. The zero-order chi connectivity index (χ0) is 17.4. The van der Waals surface area contributed by atoms with Gasteiger partial charge in [0.15, 0.2) is 17.4 Å². The highest BCUT2D eigenvalue weighted by atomic mass is 35.5. The summed E-state index contributed by atoms with van der Waals surface area (Å²) in [6, 6.07) is 7.41. The molecule has 0 fully saturated rings. The molecule has 0 spiro atoms. The van der Waals surface area contributed by atoms with Crippen molar-refractivity contribution in [2.45, 2.75) is 25.2 Å². The van der Waals surface area contributed by atoms with Crippen LogP contribution >= 0.6 is 11.6 Å². The Labute approximate surface area is 148 Å². The average Bonchev–Trinajstić information content (AvgIpc) is 3.09. The van der Waals surface area contributed by atoms with Crippen molar-refractivity contribution in [2.24, 2.45) is 0 Å². The van der Waals surface area contributed by atoms with Gasteiger partial charge in [-0.25, -0.2) is 8.78 Å². The Kier molecular flexibility index (Phi) is 4.34. The summed E-state index contributed by atoms with van der Waals surface area (Å²) in [6.07, 6.45) is 4.05. The SMILES string of the molecule is Fc1cc2c(c(F)c1OCCCl)CCCC2c1ccc2[nH]ncc2c1. The largest absolute Gasteiger partial charge is 0.486 e. The minimum Gasteiger partial charge on any atom is -0.486 e. The number of nitrogens with one attached hydrogen (secondary N) is 1. The maximum absolute atomic E-state index is 14.8. The van der Waals surface area contributed by atoms with Gasteiger partial charge in [-0.2, -0.15) is 5.10 Å². The third-order valence-corrected chi connectivity index (χ3v) is 4.95. The molecule has 0 saturated carbocycles. The number of rotatable bonds is 4. The number of alkyl halides is 1. The number of fused-ring (bicyclic) bond motifs is 2. The molecule has 0 saturated heterocycles. The van der Waals surface area contributed by atoms with Crippen LogP contribution in [0, 0.1) is 11.6 Å². The summed E-state index contributed by atoms with van der Waals surface area (Å²) in [4.78, 5) is 0. The van der Waals surface area contributed by atoms with Gasteiger partial charge in [0.05, 0.1) is 17.6 Å². The molecule has 1 atom stereocenters. The quantitative estimate of drug-likeness (QED) is 0.668. The van der Waals surface area contributed by atoms with E-state index in [1.54, 1.807) is 6.20 Å². The van der Waals surface area contributed by atoms with Crippen molar-refractivity contribution >= 4 is 22.5 Å². The van der Waals surface area contributed by atoms with Crippen LogP contribution in [0.4, 0.5) is 8.78 Å². The number of halogens is 3. The minimum absolute atomic E-state index is 0.0332. The van der Waals surface area contributed by atoms with E-state index >= 15 is 0 Å². The molecule has 3 nitrogen and oxygen atoms in total. The van der Waals surface area contributed by atoms with Gasteiger partial charge >= 0.3 is 0 Å². The lowest BCUT2D eigenvalue weighted by atomic mass is 9.78. The maximum atomic E-state index is 14.8. The Balaban J connectivity index is 1.79. The highest BCUT2D eigenvalue weighted by molar-refractivity contribution is 6.18. The van der Waals surface area contributed by atoms with E-state index < -0.39 is 11.6 Å². The van der Waals surface area contributed by atoms with Crippen molar-refractivity contribution in [2.75, 3.05) is 12.5 Å². The smallest absolute Gasteiger partial charge is 0.191 e. The summed E-state index contributed by atoms with van der Waals surface area (Å²) in [5.41, 5.74) is 3.25. The van der Waals surface area contributed by atoms with Crippen LogP contribution in [0.1, 0.15) is 35.4 Å². The fourth-order valence-electron chi connectivity index (χ4n) is 3.66. The molecule has 1 aliphatic carbocycles. The molecule has 0 bridgehead atoms. The number of H-pyrrole nitrogens is 1. The molecule has 25 heavy (non-hydrogen) atoms. The van der Waals surface area contributed by atoms with E-state index in [2.05, 4.69) is 10.2 Å². The van der Waals surface area contributed by atoms with Crippen LogP contribution in [0.5, 0.6) is 5.75 Å². The summed E-state index contributed by atoms with van der Waals surface area (Å²) in [5.74, 6) is -1.42. The third-order valence-electron chi connectivity index (χ3n) is 4.80. The molecule has 1 aromatic heterocycles. The van der Waals surface area contributed by atoms with Crippen LogP contribution in [0.25, 0.3) is 10.9 Å². The number of benzene rings is 2. The minimum atomic E-state index is -0.669. The molecule has 130 valence electrons. The molecule has 4 rings (SSSR count). The molecular weight excluding hydrogens is 346 g/mol. The first kappa shape index (κ1) is 16.3. The first-order chi connectivity index (χ1) is 12.2. The van der Waals surface area contributed by atoms with Gasteiger partial charge in [-0.3, -0.25) is 5.10 Å². The van der Waals surface area contributed by atoms with Crippen LogP contribution in [-0.2, 0) is 6.42 Å². The lowest BCUT2D eigenvalue weighted by Crippen LogP contribution is -2.15. The van der Waals surface area contributed by atoms with Crippen molar-refractivity contribution in [1.29, 1.82) is 0 Å². The number of ether oxygens (including phenoxy) is 1. The van der Waals surface area contributed by atoms with Gasteiger partial charge in [0, 0.05) is 11.3 Å². The maximum Gasteiger partial charge on any atom is 0.191 e. The standard InChI is InChI=1S/C19H17ClF2N2O/c20-6-7-25-19-16(21)9-15-13(2-1-3-14(15)18(19)22)11-4-5-17-12(8-11)10-23-24-17/h4-5,8-10,13H,1-3,6-7H2,(H,23,24). The zero-order valence-electron chi connectivity index (χ0n) is 13.5.